The molecule has 12 nitrogen and oxygen atoms in total. The number of nitrogens with one attached hydrogen (secondary N) is 3. The molecule has 0 aliphatic heterocycles. The van der Waals surface area contributed by atoms with Crippen molar-refractivity contribution in [1.29, 1.82) is 0 Å². The molecule has 1 aromatic heterocycles. The predicted octanol–water partition coefficient (Wildman–Crippen LogP) is 3.68. The normalized spacial score (nSPS) is 13.8. The Morgan fingerprint density at radius 1 is 0.953 bits per heavy atom. The molecule has 12 heteroatoms. The number of hydrogen-bond acceptors (Lipinski definition) is 9. The van der Waals surface area contributed by atoms with Crippen LogP contribution < -0.4 is 16.0 Å². The van der Waals surface area contributed by atoms with Gasteiger partial charge in [0.15, 0.2) is 11.7 Å². The molecule has 3 rings (SSSR count). The van der Waals surface area contributed by atoms with E-state index in [1.54, 1.807) is 58.9 Å². The first kappa shape index (κ1) is 33.1. The number of carbonyl (C=O) groups is 4. The summed E-state index contributed by atoms with van der Waals surface area (Å²) in [5, 5.41) is 18.9. The van der Waals surface area contributed by atoms with Crippen LogP contribution in [0.4, 0.5) is 4.79 Å². The van der Waals surface area contributed by atoms with Gasteiger partial charge in [0.05, 0.1) is 12.5 Å². The van der Waals surface area contributed by atoms with Crippen LogP contribution in [0.1, 0.15) is 71.9 Å². The second kappa shape index (κ2) is 14.1. The smallest absolute Gasteiger partial charge is 0.407 e. The van der Waals surface area contributed by atoms with Crippen molar-refractivity contribution in [2.75, 3.05) is 0 Å². The molecule has 3 aromatic rings. The fourth-order valence-electron chi connectivity index (χ4n) is 4.14. The lowest BCUT2D eigenvalue weighted by molar-refractivity contribution is -0.156. The summed E-state index contributed by atoms with van der Waals surface area (Å²) in [6, 6.07) is 13.8. The average Bonchev–Trinajstić information content (AvgIpc) is 3.34. The van der Waals surface area contributed by atoms with Crippen molar-refractivity contribution in [1.82, 2.24) is 20.9 Å². The minimum absolute atomic E-state index is 0.0754. The number of amides is 3. The molecule has 232 valence electrons. The molecule has 0 bridgehead atoms. The molecule has 0 saturated carbocycles. The molecule has 1 unspecified atom stereocenters. The van der Waals surface area contributed by atoms with E-state index in [0.717, 1.165) is 5.56 Å². The van der Waals surface area contributed by atoms with Gasteiger partial charge in [0.1, 0.15) is 23.8 Å². The van der Waals surface area contributed by atoms with Gasteiger partial charge in [-0.15, -0.1) is 0 Å². The van der Waals surface area contributed by atoms with E-state index >= 15 is 0 Å². The fourth-order valence-corrected chi connectivity index (χ4v) is 4.14. The maximum atomic E-state index is 13.1. The third-order valence-electron chi connectivity index (χ3n) is 6.11. The number of carbonyl (C=O) groups excluding carboxylic acids is 4. The Morgan fingerprint density at radius 2 is 1.60 bits per heavy atom. The first-order chi connectivity index (χ1) is 20.1. The summed E-state index contributed by atoms with van der Waals surface area (Å²) >= 11 is 0. The first-order valence-electron chi connectivity index (χ1n) is 14.0. The van der Waals surface area contributed by atoms with Gasteiger partial charge in [0.2, 0.25) is 17.7 Å². The van der Waals surface area contributed by atoms with Crippen molar-refractivity contribution < 1.29 is 38.2 Å². The number of aliphatic hydroxyl groups is 1. The summed E-state index contributed by atoms with van der Waals surface area (Å²) in [6.45, 7) is 9.93. The number of esters is 1. The number of ether oxygens (including phenoxy) is 2. The molecule has 2 aromatic carbocycles. The van der Waals surface area contributed by atoms with Crippen LogP contribution in [0.3, 0.4) is 0 Å². The molecule has 3 amide bonds. The summed E-state index contributed by atoms with van der Waals surface area (Å²) in [7, 11) is 0. The van der Waals surface area contributed by atoms with Crippen LogP contribution in [0.25, 0.3) is 11.1 Å². The Balaban J connectivity index is 1.60. The molecule has 0 radical (unpaired) electrons. The maximum absolute atomic E-state index is 13.1. The van der Waals surface area contributed by atoms with Gasteiger partial charge in [-0.2, -0.15) is 0 Å². The van der Waals surface area contributed by atoms with Crippen LogP contribution in [0, 0.1) is 0 Å². The maximum Gasteiger partial charge on any atom is 0.407 e. The Hall–Kier alpha value is -4.45. The highest BCUT2D eigenvalue weighted by Crippen LogP contribution is 2.24. The highest BCUT2D eigenvalue weighted by Gasteiger charge is 2.33. The lowest BCUT2D eigenvalue weighted by Crippen LogP contribution is -2.52. The second-order valence-corrected chi connectivity index (χ2v) is 11.9. The standard InChI is InChI=1S/C31H40N4O8/c1-19(32-24(36)17-31(5,6)35-29(40)41-18-20-12-8-7-9-13-20)27(39)33-22(16-25(37)43-30(2,3)4)26(38)28-34-21-14-10-11-15-23(21)42-28/h7-15,19,22,26,38H,16-18H2,1-6H3,(H,32,36)(H,33,39)(H,35,40)/t19-,22-,26?/m0/s1. The zero-order chi connectivity index (χ0) is 31.8. The molecular weight excluding hydrogens is 556 g/mol. The number of hydrogen-bond donors (Lipinski definition) is 4. The molecule has 0 aliphatic carbocycles. The number of nitrogens with zero attached hydrogens (tertiary/aromatic N) is 1. The van der Waals surface area contributed by atoms with Crippen molar-refractivity contribution in [2.24, 2.45) is 0 Å². The average molecular weight is 597 g/mol. The van der Waals surface area contributed by atoms with Gasteiger partial charge in [-0.05, 0) is 59.2 Å². The number of alkyl carbamates (subject to hydrolysis) is 1. The van der Waals surface area contributed by atoms with Crippen LogP contribution >= 0.6 is 0 Å². The summed E-state index contributed by atoms with van der Waals surface area (Å²) in [5.41, 5.74) is -0.0283. The first-order valence-corrected chi connectivity index (χ1v) is 14.0. The molecule has 4 N–H and O–H groups in total. The monoisotopic (exact) mass is 596 g/mol. The van der Waals surface area contributed by atoms with E-state index in [-0.39, 0.29) is 25.3 Å². The van der Waals surface area contributed by atoms with Crippen molar-refractivity contribution >= 4 is 35.0 Å². The van der Waals surface area contributed by atoms with Crippen LogP contribution in [0.15, 0.2) is 59.0 Å². The van der Waals surface area contributed by atoms with Crippen LogP contribution in [0.2, 0.25) is 0 Å². The fraction of sp³-hybridized carbons (Fsp3) is 0.452. The van der Waals surface area contributed by atoms with Crippen molar-refractivity contribution in [3.05, 3.63) is 66.1 Å². The number of aliphatic hydroxyl groups excluding tert-OH is 1. The van der Waals surface area contributed by atoms with E-state index in [4.69, 9.17) is 13.9 Å². The number of oxazole rings is 1. The SMILES string of the molecule is C[C@H](NC(=O)CC(C)(C)NC(=O)OCc1ccccc1)C(=O)N[C@@H](CC(=O)OC(C)(C)C)C(O)c1nc2ccccc2o1. The topological polar surface area (TPSA) is 169 Å². The molecule has 3 atom stereocenters. The zero-order valence-corrected chi connectivity index (χ0v) is 25.3. The number of benzene rings is 2. The Morgan fingerprint density at radius 3 is 2.26 bits per heavy atom. The third-order valence-corrected chi connectivity index (χ3v) is 6.11. The van der Waals surface area contributed by atoms with Crippen molar-refractivity contribution in [3.63, 3.8) is 0 Å². The lowest BCUT2D eigenvalue weighted by atomic mass is 10.0. The number of para-hydroxylation sites is 2. The number of rotatable bonds is 12. The molecular formula is C31H40N4O8. The van der Waals surface area contributed by atoms with Crippen LogP contribution in [-0.4, -0.2) is 57.2 Å². The van der Waals surface area contributed by atoms with Gasteiger partial charge in [-0.3, -0.25) is 14.4 Å². The van der Waals surface area contributed by atoms with E-state index in [1.807, 2.05) is 30.3 Å². The van der Waals surface area contributed by atoms with Gasteiger partial charge < -0.3 is 34.9 Å². The van der Waals surface area contributed by atoms with E-state index < -0.39 is 53.2 Å². The van der Waals surface area contributed by atoms with Crippen LogP contribution in [-0.2, 0) is 30.5 Å². The van der Waals surface area contributed by atoms with Crippen molar-refractivity contribution in [2.45, 2.75) is 90.3 Å². The minimum Gasteiger partial charge on any atom is -0.460 e. The third kappa shape index (κ3) is 10.7. The van der Waals surface area contributed by atoms with E-state index in [9.17, 15) is 24.3 Å². The summed E-state index contributed by atoms with van der Waals surface area (Å²) in [6.07, 6.45) is -2.72. The van der Waals surface area contributed by atoms with Crippen LogP contribution in [0.5, 0.6) is 0 Å². The highest BCUT2D eigenvalue weighted by molar-refractivity contribution is 5.88. The largest absolute Gasteiger partial charge is 0.460 e. The molecule has 0 spiro atoms. The lowest BCUT2D eigenvalue weighted by Gasteiger charge is -2.27. The Kier molecular flexibility index (Phi) is 10.9. The Bertz CT molecular complexity index is 1380. The molecule has 0 fully saturated rings. The number of aromatic nitrogens is 1. The quantitative estimate of drug-likeness (QED) is 0.228. The van der Waals surface area contributed by atoms with E-state index in [2.05, 4.69) is 20.9 Å². The molecule has 0 saturated heterocycles. The highest BCUT2D eigenvalue weighted by atomic mass is 16.6. The zero-order valence-electron chi connectivity index (χ0n) is 25.3. The van der Waals surface area contributed by atoms with Gasteiger partial charge in [0.25, 0.3) is 0 Å². The predicted molar refractivity (Wildman–Crippen MR) is 157 cm³/mol. The second-order valence-electron chi connectivity index (χ2n) is 11.9. The van der Waals surface area contributed by atoms with E-state index in [1.165, 1.54) is 6.92 Å². The Labute approximate surface area is 250 Å². The van der Waals surface area contributed by atoms with Gasteiger partial charge in [-0.25, -0.2) is 9.78 Å². The molecule has 1 heterocycles. The molecule has 43 heavy (non-hydrogen) atoms. The van der Waals surface area contributed by atoms with E-state index in [0.29, 0.717) is 11.1 Å². The van der Waals surface area contributed by atoms with Gasteiger partial charge in [0, 0.05) is 12.0 Å². The van der Waals surface area contributed by atoms with Gasteiger partial charge in [-0.1, -0.05) is 42.5 Å². The summed E-state index contributed by atoms with van der Waals surface area (Å²) in [4.78, 5) is 55.1. The summed E-state index contributed by atoms with van der Waals surface area (Å²) < 4.78 is 16.3. The van der Waals surface area contributed by atoms with Gasteiger partial charge >= 0.3 is 12.1 Å². The van der Waals surface area contributed by atoms with Crippen molar-refractivity contribution in [3.8, 4) is 0 Å². The summed E-state index contributed by atoms with van der Waals surface area (Å²) in [5.74, 6) is -1.92. The minimum atomic E-state index is -1.49. The number of fused-ring (bicyclic) bond motifs is 1. The molecule has 0 aliphatic rings.